The number of benzene rings is 5. The third-order valence-electron chi connectivity index (χ3n) is 7.83. The zero-order valence-corrected chi connectivity index (χ0v) is 24.7. The minimum absolute atomic E-state index is 0.0219. The number of rotatable bonds is 10. The summed E-state index contributed by atoms with van der Waals surface area (Å²) in [5, 5.41) is 33.6. The van der Waals surface area contributed by atoms with Crippen LogP contribution in [0.1, 0.15) is 21.5 Å². The molecule has 0 amide bonds. The van der Waals surface area contributed by atoms with E-state index in [1.165, 1.54) is 0 Å². The Bertz CT molecular complexity index is 2030. The van der Waals surface area contributed by atoms with Crippen molar-refractivity contribution in [2.75, 3.05) is 26.3 Å². The zero-order valence-electron chi connectivity index (χ0n) is 24.7. The lowest BCUT2D eigenvalue weighted by atomic mass is 9.90. The molecule has 6 rings (SSSR count). The van der Waals surface area contributed by atoms with Gasteiger partial charge in [0.1, 0.15) is 24.6 Å². The highest BCUT2D eigenvalue weighted by atomic mass is 16.4. The molecule has 0 unspecified atom stereocenters. The molecule has 7 nitrogen and oxygen atoms in total. The highest BCUT2D eigenvalue weighted by molar-refractivity contribution is 6.07. The lowest BCUT2D eigenvalue weighted by Crippen LogP contribution is -2.32. The smallest absolute Gasteiger partial charge is 0.209 e. The van der Waals surface area contributed by atoms with Crippen LogP contribution in [-0.4, -0.2) is 53.3 Å². The van der Waals surface area contributed by atoms with Gasteiger partial charge in [-0.1, -0.05) is 72.8 Å². The Labute approximate surface area is 260 Å². The van der Waals surface area contributed by atoms with Crippen molar-refractivity contribution in [3.05, 3.63) is 143 Å². The van der Waals surface area contributed by atoms with Crippen LogP contribution in [0.2, 0.25) is 0 Å². The minimum atomic E-state index is -1.26. The molecular weight excluding hydrogens is 564 g/mol. The first-order chi connectivity index (χ1) is 22.1. The zero-order chi connectivity index (χ0) is 31.2. The summed E-state index contributed by atoms with van der Waals surface area (Å²) in [6.07, 6.45) is 1.97. The molecule has 4 aromatic carbocycles. The van der Waals surface area contributed by atoms with E-state index in [9.17, 15) is 20.1 Å². The van der Waals surface area contributed by atoms with Crippen LogP contribution in [0.4, 0.5) is 5.69 Å². The van der Waals surface area contributed by atoms with E-state index < -0.39 is 5.97 Å². The van der Waals surface area contributed by atoms with Gasteiger partial charge in [-0.3, -0.25) is 0 Å². The van der Waals surface area contributed by atoms with Gasteiger partial charge in [0, 0.05) is 45.3 Å². The summed E-state index contributed by atoms with van der Waals surface area (Å²) < 4.78 is 10.6. The molecule has 1 aliphatic heterocycles. The Morgan fingerprint density at radius 1 is 0.756 bits per heavy atom. The predicted molar refractivity (Wildman–Crippen MR) is 173 cm³/mol. The molecule has 0 aromatic heterocycles. The summed E-state index contributed by atoms with van der Waals surface area (Å²) in [4.78, 5) is 12.2. The Morgan fingerprint density at radius 3 is 2.20 bits per heavy atom. The van der Waals surface area contributed by atoms with Gasteiger partial charge in [-0.15, -0.1) is 0 Å². The third-order valence-corrected chi connectivity index (χ3v) is 7.83. The summed E-state index contributed by atoms with van der Waals surface area (Å²) in [5.41, 5.74) is 5.55. The maximum Gasteiger partial charge on any atom is 0.209 e. The van der Waals surface area contributed by atoms with Crippen molar-refractivity contribution in [2.45, 2.75) is 6.54 Å². The van der Waals surface area contributed by atoms with Gasteiger partial charge in [0.25, 0.3) is 0 Å². The number of fused-ring (bicyclic) bond motifs is 2. The van der Waals surface area contributed by atoms with Crippen LogP contribution in [-0.2, 0) is 6.54 Å². The van der Waals surface area contributed by atoms with E-state index in [4.69, 9.17) is 4.42 Å². The first-order valence-electron chi connectivity index (χ1n) is 14.9. The Morgan fingerprint density at radius 2 is 1.47 bits per heavy atom. The van der Waals surface area contributed by atoms with Gasteiger partial charge in [-0.25, -0.2) is 4.58 Å². The maximum atomic E-state index is 12.2. The number of carboxylic acid groups (broad SMARTS) is 1. The summed E-state index contributed by atoms with van der Waals surface area (Å²) in [5.74, 6) is -0.693. The van der Waals surface area contributed by atoms with Crippen molar-refractivity contribution in [2.24, 2.45) is 0 Å². The topological polar surface area (TPSA) is 99.8 Å². The first-order valence-corrected chi connectivity index (χ1v) is 14.9. The van der Waals surface area contributed by atoms with Gasteiger partial charge < -0.3 is 24.5 Å². The Hall–Kier alpha value is -5.37. The molecule has 0 saturated carbocycles. The lowest BCUT2D eigenvalue weighted by Gasteiger charge is -2.18. The normalized spacial score (nSPS) is 12.4. The molecule has 1 aliphatic carbocycles. The van der Waals surface area contributed by atoms with Crippen LogP contribution in [0, 0.1) is 0 Å². The molecule has 2 aliphatic rings. The number of nitrogens with zero attached hydrogens (tertiary/aromatic N) is 2. The molecule has 0 bridgehead atoms. The number of carbonyl (C=O) groups excluding carboxylic acids is 1. The van der Waals surface area contributed by atoms with Gasteiger partial charge in [0.05, 0.1) is 18.1 Å². The molecule has 1 heterocycles. The quantitative estimate of drug-likeness (QED) is 0.140. The molecule has 0 spiro atoms. The highest BCUT2D eigenvalue weighted by Crippen LogP contribution is 2.41. The predicted octanol–water partition coefficient (Wildman–Crippen LogP) is 4.29. The van der Waals surface area contributed by atoms with Crippen molar-refractivity contribution in [3.8, 4) is 22.5 Å². The number of aliphatic hydroxyl groups excluding tert-OH is 2. The van der Waals surface area contributed by atoms with E-state index >= 15 is 0 Å². The van der Waals surface area contributed by atoms with Crippen LogP contribution in [0.25, 0.3) is 33.4 Å². The van der Waals surface area contributed by atoms with Crippen LogP contribution >= 0.6 is 0 Å². The number of carboxylic acids is 1. The molecule has 0 radical (unpaired) electrons. The van der Waals surface area contributed by atoms with E-state index in [0.717, 1.165) is 38.7 Å². The Kier molecular flexibility index (Phi) is 8.91. The van der Waals surface area contributed by atoms with E-state index in [-0.39, 0.29) is 18.8 Å². The fraction of sp³-hybridized carbons (Fsp3) is 0.132. The molecule has 2 N–H and O–H groups in total. The molecule has 0 atom stereocenters. The average Bonchev–Trinajstić information content (AvgIpc) is 3.07. The molecule has 224 valence electrons. The molecule has 45 heavy (non-hydrogen) atoms. The first kappa shape index (κ1) is 29.7. The molecule has 0 fully saturated rings. The van der Waals surface area contributed by atoms with Crippen molar-refractivity contribution in [1.82, 2.24) is 4.58 Å². The minimum Gasteiger partial charge on any atom is -0.545 e. The second-order valence-electron chi connectivity index (χ2n) is 10.8. The number of aliphatic hydroxyl groups is 2. The van der Waals surface area contributed by atoms with Gasteiger partial charge >= 0.3 is 0 Å². The average molecular weight is 598 g/mol. The largest absolute Gasteiger partial charge is 0.545 e. The van der Waals surface area contributed by atoms with Gasteiger partial charge in [-0.2, -0.15) is 4.58 Å². The third kappa shape index (κ3) is 6.45. The number of hydrogen-bond acceptors (Lipinski definition) is 5. The lowest BCUT2D eigenvalue weighted by molar-refractivity contribution is -0.438. The maximum absolute atomic E-state index is 12.2. The van der Waals surface area contributed by atoms with Crippen LogP contribution in [0.5, 0.6) is 0 Å². The monoisotopic (exact) mass is 597 g/mol. The summed E-state index contributed by atoms with van der Waals surface area (Å²) in [6.45, 7) is 1.31. The van der Waals surface area contributed by atoms with E-state index in [1.807, 2.05) is 114 Å². The number of hydrogen-bond donors (Lipinski definition) is 2. The molecule has 7 heteroatoms. The summed E-state index contributed by atoms with van der Waals surface area (Å²) in [7, 11) is 0. The molecular formula is C38H33N2O5+. The fourth-order valence-corrected chi connectivity index (χ4v) is 5.73. The van der Waals surface area contributed by atoms with Crippen molar-refractivity contribution in [1.29, 1.82) is 0 Å². The van der Waals surface area contributed by atoms with Crippen molar-refractivity contribution < 1.29 is 29.1 Å². The van der Waals surface area contributed by atoms with Crippen molar-refractivity contribution >= 4 is 28.8 Å². The molecule has 4 aromatic rings. The van der Waals surface area contributed by atoms with Crippen LogP contribution in [0.15, 0.2) is 126 Å². The second kappa shape index (κ2) is 13.5. The number of aromatic carboxylic acids is 1. The second-order valence-corrected chi connectivity index (χ2v) is 10.8. The fourth-order valence-electron chi connectivity index (χ4n) is 5.73. The highest BCUT2D eigenvalue weighted by Gasteiger charge is 2.22. The Balaban J connectivity index is 1.62. The number of carbonyl (C=O) groups is 1. The SMILES string of the molecule is O=C([O-])c1ccccc1-c1c2ccc(=[N+](CCO)Cc3ccccc3)cc-2oc2cc([N+](=Cc3ccccc3)CCO)ccc12. The van der Waals surface area contributed by atoms with Crippen LogP contribution < -0.4 is 15.0 Å². The summed E-state index contributed by atoms with van der Waals surface area (Å²) >= 11 is 0. The van der Waals surface area contributed by atoms with E-state index in [2.05, 4.69) is 4.58 Å². The van der Waals surface area contributed by atoms with Gasteiger partial charge in [0.2, 0.25) is 11.0 Å². The van der Waals surface area contributed by atoms with E-state index in [0.29, 0.717) is 36.5 Å². The standard InChI is InChI=1S/C38H33N2O5/c41-21-19-39(25-27-9-3-1-4-10-27)29-15-17-33-35(23-29)45-36-24-30(40(20-22-42)26-28-11-5-2-6-12-28)16-18-34(36)37(33)31-13-7-8-14-32(31)38(43)44/h1-18,23-25,41-42H,19-22,26H2/q+1. The van der Waals surface area contributed by atoms with Crippen molar-refractivity contribution in [3.63, 3.8) is 0 Å². The molecule has 0 saturated heterocycles. The van der Waals surface area contributed by atoms with Crippen LogP contribution in [0.3, 0.4) is 0 Å². The summed E-state index contributed by atoms with van der Waals surface area (Å²) in [6, 6.07) is 38.4. The van der Waals surface area contributed by atoms with E-state index in [1.54, 1.807) is 18.2 Å². The van der Waals surface area contributed by atoms with Gasteiger partial charge in [0.15, 0.2) is 25.8 Å². The van der Waals surface area contributed by atoms with Gasteiger partial charge in [-0.05, 0) is 29.8 Å².